The van der Waals surface area contributed by atoms with E-state index in [1.165, 1.54) is 6.07 Å². The molecule has 1 aliphatic rings. The summed E-state index contributed by atoms with van der Waals surface area (Å²) in [6, 6.07) is 4.74. The van der Waals surface area contributed by atoms with Gasteiger partial charge in [-0.3, -0.25) is 0 Å². The van der Waals surface area contributed by atoms with E-state index >= 15 is 0 Å². The van der Waals surface area contributed by atoms with Gasteiger partial charge in [-0.15, -0.1) is 0 Å². The topological polar surface area (TPSA) is 60.2 Å². The van der Waals surface area contributed by atoms with Crippen molar-refractivity contribution in [2.75, 3.05) is 19.7 Å². The summed E-state index contributed by atoms with van der Waals surface area (Å²) in [5, 5.41) is 7.11. The molecule has 1 N–H and O–H groups in total. The molecule has 1 atom stereocenters. The molecule has 1 aliphatic heterocycles. The van der Waals surface area contributed by atoms with Crippen molar-refractivity contribution in [2.24, 2.45) is 0 Å². The second-order valence-electron chi connectivity index (χ2n) is 4.48. The van der Waals surface area contributed by atoms with Gasteiger partial charge in [-0.05, 0) is 30.7 Å². The molecular formula is C13H14FN3O2. The van der Waals surface area contributed by atoms with E-state index < -0.39 is 0 Å². The fourth-order valence-electron chi connectivity index (χ4n) is 1.99. The van der Waals surface area contributed by atoms with Crippen LogP contribution in [0.3, 0.4) is 0 Å². The molecule has 2 heterocycles. The number of halogens is 1. The Morgan fingerprint density at radius 3 is 3.05 bits per heavy atom. The van der Waals surface area contributed by atoms with Crippen molar-refractivity contribution in [3.63, 3.8) is 0 Å². The van der Waals surface area contributed by atoms with Crippen molar-refractivity contribution < 1.29 is 13.7 Å². The lowest BCUT2D eigenvalue weighted by molar-refractivity contribution is 0.00755. The van der Waals surface area contributed by atoms with E-state index in [1.807, 2.05) is 0 Å². The number of rotatable bonds is 2. The van der Waals surface area contributed by atoms with Crippen LogP contribution in [0.5, 0.6) is 0 Å². The highest BCUT2D eigenvalue weighted by atomic mass is 19.1. The third kappa shape index (κ3) is 2.50. The third-order valence-electron chi connectivity index (χ3n) is 3.06. The van der Waals surface area contributed by atoms with Gasteiger partial charge >= 0.3 is 0 Å². The van der Waals surface area contributed by atoms with Crippen LogP contribution in [-0.4, -0.2) is 29.8 Å². The van der Waals surface area contributed by atoms with Crippen LogP contribution in [-0.2, 0) is 4.74 Å². The molecule has 1 fully saturated rings. The largest absolute Gasteiger partial charge is 0.366 e. The summed E-state index contributed by atoms with van der Waals surface area (Å²) in [5.74, 6) is 0.656. The number of morpholine rings is 1. The van der Waals surface area contributed by atoms with E-state index in [1.54, 1.807) is 19.1 Å². The maximum atomic E-state index is 13.2. The van der Waals surface area contributed by atoms with Crippen molar-refractivity contribution in [1.29, 1.82) is 0 Å². The van der Waals surface area contributed by atoms with Crippen molar-refractivity contribution in [3.8, 4) is 11.4 Å². The molecule has 0 bridgehead atoms. The fraction of sp³-hybridized carbons (Fsp3) is 0.385. The summed E-state index contributed by atoms with van der Waals surface area (Å²) in [6.07, 6.45) is -0.212. The summed E-state index contributed by atoms with van der Waals surface area (Å²) in [6.45, 7) is 3.81. The maximum Gasteiger partial charge on any atom is 0.257 e. The van der Waals surface area contributed by atoms with E-state index in [0.29, 0.717) is 30.4 Å². The van der Waals surface area contributed by atoms with Gasteiger partial charge in [0.05, 0.1) is 6.61 Å². The molecule has 0 radical (unpaired) electrons. The predicted octanol–water partition coefficient (Wildman–Crippen LogP) is 1.85. The van der Waals surface area contributed by atoms with Crippen molar-refractivity contribution in [3.05, 3.63) is 35.5 Å². The molecule has 19 heavy (non-hydrogen) atoms. The van der Waals surface area contributed by atoms with E-state index in [0.717, 1.165) is 12.1 Å². The first-order valence-corrected chi connectivity index (χ1v) is 6.16. The fourth-order valence-corrected chi connectivity index (χ4v) is 1.99. The number of aryl methyl sites for hydroxylation is 1. The molecule has 100 valence electrons. The van der Waals surface area contributed by atoms with E-state index in [9.17, 15) is 4.39 Å². The molecule has 0 unspecified atom stereocenters. The number of hydrogen-bond donors (Lipinski definition) is 1. The number of nitrogens with one attached hydrogen (secondary N) is 1. The summed E-state index contributed by atoms with van der Waals surface area (Å²) < 4.78 is 24.0. The highest BCUT2D eigenvalue weighted by Crippen LogP contribution is 2.22. The van der Waals surface area contributed by atoms with Crippen LogP contribution in [0.1, 0.15) is 17.6 Å². The average Bonchev–Trinajstić information content (AvgIpc) is 2.93. The highest BCUT2D eigenvalue weighted by Gasteiger charge is 2.22. The molecule has 1 aromatic carbocycles. The van der Waals surface area contributed by atoms with E-state index in [-0.39, 0.29) is 11.9 Å². The van der Waals surface area contributed by atoms with Gasteiger partial charge in [0.15, 0.2) is 0 Å². The highest BCUT2D eigenvalue weighted by molar-refractivity contribution is 5.55. The average molecular weight is 263 g/mol. The second-order valence-corrected chi connectivity index (χ2v) is 4.48. The van der Waals surface area contributed by atoms with Crippen LogP contribution < -0.4 is 5.32 Å². The van der Waals surface area contributed by atoms with Gasteiger partial charge in [-0.25, -0.2) is 4.39 Å². The lowest BCUT2D eigenvalue weighted by atomic mass is 10.1. The SMILES string of the molecule is Cc1cc(-c2noc([C@@H]3CNCCO3)n2)ccc1F. The number of nitrogens with zero attached hydrogens (tertiary/aromatic N) is 2. The number of aromatic nitrogens is 2. The number of hydrogen-bond acceptors (Lipinski definition) is 5. The molecular weight excluding hydrogens is 249 g/mol. The monoisotopic (exact) mass is 263 g/mol. The zero-order valence-electron chi connectivity index (χ0n) is 10.5. The van der Waals surface area contributed by atoms with Crippen molar-refractivity contribution >= 4 is 0 Å². The zero-order chi connectivity index (χ0) is 13.2. The van der Waals surface area contributed by atoms with Crippen LogP contribution in [0.25, 0.3) is 11.4 Å². The van der Waals surface area contributed by atoms with Gasteiger partial charge in [0, 0.05) is 18.7 Å². The van der Waals surface area contributed by atoms with E-state index in [2.05, 4.69) is 15.5 Å². The van der Waals surface area contributed by atoms with Gasteiger partial charge in [0.2, 0.25) is 5.82 Å². The lowest BCUT2D eigenvalue weighted by Gasteiger charge is -2.19. The molecule has 1 aromatic heterocycles. The Labute approximate surface area is 109 Å². The van der Waals surface area contributed by atoms with Gasteiger partial charge in [-0.2, -0.15) is 4.98 Å². The van der Waals surface area contributed by atoms with Gasteiger partial charge in [0.1, 0.15) is 11.9 Å². The summed E-state index contributed by atoms with van der Waals surface area (Å²) in [5.41, 5.74) is 1.29. The Morgan fingerprint density at radius 2 is 2.32 bits per heavy atom. The number of ether oxygens (including phenoxy) is 1. The first kappa shape index (κ1) is 12.3. The third-order valence-corrected chi connectivity index (χ3v) is 3.06. The Kier molecular flexibility index (Phi) is 3.27. The van der Waals surface area contributed by atoms with Crippen molar-refractivity contribution in [2.45, 2.75) is 13.0 Å². The molecule has 0 spiro atoms. The first-order chi connectivity index (χ1) is 9.24. The van der Waals surface area contributed by atoms with E-state index in [4.69, 9.17) is 9.26 Å². The minimum absolute atomic E-state index is 0.212. The van der Waals surface area contributed by atoms with Gasteiger partial charge in [0.25, 0.3) is 5.89 Å². The summed E-state index contributed by atoms with van der Waals surface area (Å²) in [4.78, 5) is 4.31. The molecule has 2 aromatic rings. The Bertz CT molecular complexity index is 579. The summed E-state index contributed by atoms with van der Waals surface area (Å²) in [7, 11) is 0. The zero-order valence-corrected chi connectivity index (χ0v) is 10.5. The lowest BCUT2D eigenvalue weighted by Crippen LogP contribution is -2.33. The molecule has 0 aliphatic carbocycles. The van der Waals surface area contributed by atoms with Crippen LogP contribution >= 0.6 is 0 Å². The Hall–Kier alpha value is -1.79. The normalized spacial score (nSPS) is 19.6. The minimum atomic E-state index is -0.243. The van der Waals surface area contributed by atoms with Crippen LogP contribution in [0.15, 0.2) is 22.7 Å². The molecule has 0 saturated carbocycles. The molecule has 5 nitrogen and oxygen atoms in total. The van der Waals surface area contributed by atoms with Crippen molar-refractivity contribution in [1.82, 2.24) is 15.5 Å². The van der Waals surface area contributed by atoms with Gasteiger partial charge in [-0.1, -0.05) is 5.16 Å². The predicted molar refractivity (Wildman–Crippen MR) is 66.0 cm³/mol. The molecule has 0 amide bonds. The molecule has 3 rings (SSSR count). The quantitative estimate of drug-likeness (QED) is 0.896. The van der Waals surface area contributed by atoms with Crippen LogP contribution in [0, 0.1) is 12.7 Å². The standard InChI is InChI=1S/C13H14FN3O2/c1-8-6-9(2-3-10(8)14)12-16-13(19-17-12)11-7-15-4-5-18-11/h2-3,6,11,15H,4-5,7H2,1H3/t11-/m0/s1. The van der Waals surface area contributed by atoms with Gasteiger partial charge < -0.3 is 14.6 Å². The maximum absolute atomic E-state index is 13.2. The molecule has 6 heteroatoms. The second kappa shape index (κ2) is 5.07. The Balaban J connectivity index is 1.85. The smallest absolute Gasteiger partial charge is 0.257 e. The Morgan fingerprint density at radius 1 is 1.42 bits per heavy atom. The first-order valence-electron chi connectivity index (χ1n) is 6.16. The minimum Gasteiger partial charge on any atom is -0.366 e. The molecule has 1 saturated heterocycles. The van der Waals surface area contributed by atoms with Crippen LogP contribution in [0.2, 0.25) is 0 Å². The summed E-state index contributed by atoms with van der Waals surface area (Å²) >= 11 is 0. The van der Waals surface area contributed by atoms with Crippen LogP contribution in [0.4, 0.5) is 4.39 Å². The number of benzene rings is 1.